The molecular weight excluding hydrogens is 486 g/mol. The SMILES string of the molecule is CC[C@H]1CN2CC[C@H]1C[C@H]2[C@H](OC(=O)N[C@H](C)c1cccc2ccccc12)c1ccnc2ccc(OC)cc12. The molecule has 3 aromatic carbocycles. The molecule has 1 N–H and O–H groups in total. The van der Waals surface area contributed by atoms with Crippen LogP contribution in [-0.4, -0.2) is 42.2 Å². The number of hydrogen-bond donors (Lipinski definition) is 1. The van der Waals surface area contributed by atoms with Crippen LogP contribution in [0.25, 0.3) is 21.7 Å². The molecule has 6 heteroatoms. The summed E-state index contributed by atoms with van der Waals surface area (Å²) in [6, 6.07) is 22.3. The van der Waals surface area contributed by atoms with Crippen LogP contribution in [0.4, 0.5) is 4.79 Å². The van der Waals surface area contributed by atoms with Gasteiger partial charge in [0, 0.05) is 23.7 Å². The smallest absolute Gasteiger partial charge is 0.408 e. The van der Waals surface area contributed by atoms with E-state index in [0.29, 0.717) is 11.8 Å². The number of nitrogens with zero attached hydrogens (tertiary/aromatic N) is 2. The highest BCUT2D eigenvalue weighted by molar-refractivity contribution is 5.87. The summed E-state index contributed by atoms with van der Waals surface area (Å²) < 4.78 is 12.0. The highest BCUT2D eigenvalue weighted by atomic mass is 16.6. The molecule has 39 heavy (non-hydrogen) atoms. The van der Waals surface area contributed by atoms with Crippen molar-refractivity contribution < 1.29 is 14.3 Å². The minimum atomic E-state index is -0.414. The molecule has 3 aliphatic heterocycles. The number of piperidine rings is 3. The second kappa shape index (κ2) is 10.9. The van der Waals surface area contributed by atoms with Crippen LogP contribution in [0.2, 0.25) is 0 Å². The third-order valence-corrected chi connectivity index (χ3v) is 8.96. The number of nitrogens with one attached hydrogen (secondary N) is 1. The molecule has 7 rings (SSSR count). The molecule has 0 radical (unpaired) electrons. The average Bonchev–Trinajstić information content (AvgIpc) is 2.99. The van der Waals surface area contributed by atoms with E-state index in [0.717, 1.165) is 58.1 Å². The minimum absolute atomic E-state index is 0.127. The Morgan fingerprint density at radius 3 is 2.72 bits per heavy atom. The molecule has 3 aliphatic rings. The van der Waals surface area contributed by atoms with E-state index in [9.17, 15) is 4.79 Å². The van der Waals surface area contributed by atoms with Gasteiger partial charge in [-0.1, -0.05) is 55.8 Å². The van der Waals surface area contributed by atoms with Gasteiger partial charge in [-0.15, -0.1) is 0 Å². The summed E-state index contributed by atoms with van der Waals surface area (Å²) >= 11 is 0. The number of methoxy groups -OCH3 is 1. The maximum Gasteiger partial charge on any atom is 0.408 e. The molecule has 6 nitrogen and oxygen atoms in total. The average molecular weight is 524 g/mol. The number of benzene rings is 3. The van der Waals surface area contributed by atoms with Gasteiger partial charge in [0.25, 0.3) is 0 Å². The van der Waals surface area contributed by atoms with Gasteiger partial charge in [0.1, 0.15) is 11.9 Å². The van der Waals surface area contributed by atoms with Gasteiger partial charge in [0.2, 0.25) is 0 Å². The highest BCUT2D eigenvalue weighted by Gasteiger charge is 2.44. The first-order valence-corrected chi connectivity index (χ1v) is 14.2. The summed E-state index contributed by atoms with van der Waals surface area (Å²) in [4.78, 5) is 20.7. The lowest BCUT2D eigenvalue weighted by Crippen LogP contribution is -2.56. The Balaban J connectivity index is 1.32. The van der Waals surface area contributed by atoms with Crippen molar-refractivity contribution in [2.24, 2.45) is 11.8 Å². The molecule has 1 aromatic heterocycles. The van der Waals surface area contributed by atoms with E-state index in [1.54, 1.807) is 7.11 Å². The van der Waals surface area contributed by atoms with Gasteiger partial charge in [-0.2, -0.15) is 0 Å². The number of ether oxygens (including phenoxy) is 2. The molecular formula is C33H37N3O3. The quantitative estimate of drug-likeness (QED) is 0.281. The second-order valence-electron chi connectivity index (χ2n) is 11.1. The van der Waals surface area contributed by atoms with E-state index in [1.807, 2.05) is 55.6 Å². The predicted molar refractivity (Wildman–Crippen MR) is 155 cm³/mol. The van der Waals surface area contributed by atoms with Crippen molar-refractivity contribution in [1.82, 2.24) is 15.2 Å². The van der Waals surface area contributed by atoms with Gasteiger partial charge in [-0.3, -0.25) is 9.88 Å². The Morgan fingerprint density at radius 2 is 1.92 bits per heavy atom. The zero-order valence-electron chi connectivity index (χ0n) is 23.0. The van der Waals surface area contributed by atoms with Crippen LogP contribution in [0.15, 0.2) is 72.9 Å². The first-order chi connectivity index (χ1) is 19.1. The van der Waals surface area contributed by atoms with Crippen LogP contribution in [0.3, 0.4) is 0 Å². The Labute approximate surface area is 230 Å². The minimum Gasteiger partial charge on any atom is -0.497 e. The fourth-order valence-electron chi connectivity index (χ4n) is 6.86. The molecule has 1 unspecified atom stereocenters. The lowest BCUT2D eigenvalue weighted by atomic mass is 9.72. The van der Waals surface area contributed by atoms with Crippen molar-refractivity contribution in [3.63, 3.8) is 0 Å². The summed E-state index contributed by atoms with van der Waals surface area (Å²) in [6.45, 7) is 6.42. The summed E-state index contributed by atoms with van der Waals surface area (Å²) in [5.41, 5.74) is 2.93. The zero-order valence-corrected chi connectivity index (χ0v) is 23.0. The fraction of sp³-hybridized carbons (Fsp3) is 0.394. The number of carbonyl (C=O) groups is 1. The molecule has 0 saturated carbocycles. The Kier molecular flexibility index (Phi) is 7.13. The lowest BCUT2D eigenvalue weighted by Gasteiger charge is -2.51. The van der Waals surface area contributed by atoms with E-state index in [1.165, 1.54) is 12.8 Å². The standard InChI is InChI=1S/C33H37N3O3/c1-4-22-20-36-17-15-24(22)18-31(36)32(28-14-16-34-30-13-12-25(38-3)19-29(28)30)39-33(37)35-21(2)26-11-7-9-23-8-5-6-10-27(23)26/h5-14,16,19,21-22,24,31-32H,4,15,17-18,20H2,1-3H3,(H,35,37)/t21-,22+,24+,31+,32-/m1/s1. The summed E-state index contributed by atoms with van der Waals surface area (Å²) in [6.07, 6.45) is 4.45. The Bertz CT molecular complexity index is 1480. The van der Waals surface area contributed by atoms with Crippen LogP contribution in [0.1, 0.15) is 56.4 Å². The molecule has 2 bridgehead atoms. The number of rotatable bonds is 7. The predicted octanol–water partition coefficient (Wildman–Crippen LogP) is 7.05. The van der Waals surface area contributed by atoms with E-state index in [4.69, 9.17) is 9.47 Å². The number of amides is 1. The van der Waals surface area contributed by atoms with Gasteiger partial charge in [0.15, 0.2) is 0 Å². The van der Waals surface area contributed by atoms with Gasteiger partial charge in [-0.25, -0.2) is 4.79 Å². The van der Waals surface area contributed by atoms with E-state index in [-0.39, 0.29) is 12.1 Å². The second-order valence-corrected chi connectivity index (χ2v) is 11.1. The number of pyridine rings is 1. The maximum absolute atomic E-state index is 13.6. The van der Waals surface area contributed by atoms with Crippen LogP contribution in [0, 0.1) is 11.8 Å². The third-order valence-electron chi connectivity index (χ3n) is 8.96. The zero-order chi connectivity index (χ0) is 26.9. The first kappa shape index (κ1) is 25.6. The van der Waals surface area contributed by atoms with Crippen LogP contribution in [0.5, 0.6) is 5.75 Å². The Hall–Kier alpha value is -3.64. The highest BCUT2D eigenvalue weighted by Crippen LogP contribution is 2.44. The topological polar surface area (TPSA) is 63.7 Å². The van der Waals surface area contributed by atoms with E-state index >= 15 is 0 Å². The van der Waals surface area contributed by atoms with E-state index in [2.05, 4.69) is 46.4 Å². The largest absolute Gasteiger partial charge is 0.497 e. The molecule has 202 valence electrons. The maximum atomic E-state index is 13.6. The monoisotopic (exact) mass is 523 g/mol. The van der Waals surface area contributed by atoms with Crippen molar-refractivity contribution in [3.8, 4) is 5.75 Å². The van der Waals surface area contributed by atoms with Crippen LogP contribution < -0.4 is 10.1 Å². The van der Waals surface area contributed by atoms with E-state index < -0.39 is 12.2 Å². The van der Waals surface area contributed by atoms with Gasteiger partial charge in [0.05, 0.1) is 24.7 Å². The summed E-state index contributed by atoms with van der Waals surface area (Å²) in [5.74, 6) is 2.14. The normalized spacial score (nSPS) is 23.9. The number of carbonyl (C=O) groups excluding carboxylic acids is 1. The number of fused-ring (bicyclic) bond motifs is 5. The van der Waals surface area contributed by atoms with Crippen LogP contribution in [-0.2, 0) is 4.74 Å². The first-order valence-electron chi connectivity index (χ1n) is 14.2. The molecule has 0 spiro atoms. The fourth-order valence-corrected chi connectivity index (χ4v) is 6.86. The molecule has 3 saturated heterocycles. The van der Waals surface area contributed by atoms with Crippen molar-refractivity contribution in [3.05, 3.63) is 84.1 Å². The van der Waals surface area contributed by atoms with Gasteiger partial charge < -0.3 is 14.8 Å². The number of hydrogen-bond acceptors (Lipinski definition) is 5. The van der Waals surface area contributed by atoms with Gasteiger partial charge in [-0.05, 0) is 78.7 Å². The van der Waals surface area contributed by atoms with Crippen LogP contribution >= 0.6 is 0 Å². The number of aromatic nitrogens is 1. The van der Waals surface area contributed by atoms with Gasteiger partial charge >= 0.3 is 6.09 Å². The molecule has 0 aliphatic carbocycles. The Morgan fingerprint density at radius 1 is 1.08 bits per heavy atom. The number of alkyl carbamates (subject to hydrolysis) is 1. The van der Waals surface area contributed by atoms with Crippen molar-refractivity contribution >= 4 is 27.8 Å². The summed E-state index contributed by atoms with van der Waals surface area (Å²) in [7, 11) is 1.67. The molecule has 3 fully saturated rings. The molecule has 6 atom stereocenters. The van der Waals surface area contributed by atoms with Crippen molar-refractivity contribution in [2.45, 2.75) is 51.3 Å². The molecule has 1 amide bonds. The molecule has 4 aromatic rings. The summed E-state index contributed by atoms with van der Waals surface area (Å²) in [5, 5.41) is 6.40. The van der Waals surface area contributed by atoms with Crippen molar-refractivity contribution in [2.75, 3.05) is 20.2 Å². The lowest BCUT2D eigenvalue weighted by molar-refractivity contribution is -0.0607. The third kappa shape index (κ3) is 4.94. The van der Waals surface area contributed by atoms with Crippen molar-refractivity contribution in [1.29, 1.82) is 0 Å². The molecule has 4 heterocycles.